The van der Waals surface area contributed by atoms with Crippen molar-refractivity contribution in [1.29, 1.82) is 0 Å². The standard InChI is InChI=1S/C28H28Cl2N4O2/c1-33(20-11-15-34(16-12-20)21-9-13-31-14-10-21)28(36)19-5-7-22-18(17-19)6-8-25(22)32-27(35)23-3-2-4-24(29)26(23)30/h2-5,7,9-10,13-14,17,20,25H,6,8,11-12,15-16H2,1H3,(H,32,35). The van der Waals surface area contributed by atoms with Crippen LogP contribution in [-0.2, 0) is 6.42 Å². The number of fused-ring (bicyclic) bond motifs is 1. The van der Waals surface area contributed by atoms with Gasteiger partial charge in [0.1, 0.15) is 0 Å². The van der Waals surface area contributed by atoms with Crippen molar-refractivity contribution in [3.63, 3.8) is 0 Å². The molecule has 186 valence electrons. The first-order chi connectivity index (χ1) is 17.4. The molecular formula is C28H28Cl2N4O2. The summed E-state index contributed by atoms with van der Waals surface area (Å²) in [5, 5.41) is 3.68. The summed E-state index contributed by atoms with van der Waals surface area (Å²) >= 11 is 12.3. The lowest BCUT2D eigenvalue weighted by molar-refractivity contribution is 0.0709. The first-order valence-corrected chi connectivity index (χ1v) is 13.0. The highest BCUT2D eigenvalue weighted by Crippen LogP contribution is 2.33. The third-order valence-corrected chi connectivity index (χ3v) is 8.15. The number of carbonyl (C=O) groups is 2. The normalized spacial score (nSPS) is 17.5. The SMILES string of the molecule is CN(C(=O)c1ccc2c(c1)CCC2NC(=O)c1cccc(Cl)c1Cl)C1CCN(c2ccncc2)CC1. The van der Waals surface area contributed by atoms with Gasteiger partial charge in [0, 0.05) is 49.8 Å². The number of hydrogen-bond acceptors (Lipinski definition) is 4. The van der Waals surface area contributed by atoms with Gasteiger partial charge < -0.3 is 15.1 Å². The van der Waals surface area contributed by atoms with Gasteiger partial charge >= 0.3 is 0 Å². The van der Waals surface area contributed by atoms with Crippen molar-refractivity contribution >= 4 is 40.7 Å². The highest BCUT2D eigenvalue weighted by molar-refractivity contribution is 6.43. The summed E-state index contributed by atoms with van der Waals surface area (Å²) in [7, 11) is 1.90. The van der Waals surface area contributed by atoms with Crippen LogP contribution in [0, 0.1) is 0 Å². The van der Waals surface area contributed by atoms with Crippen LogP contribution >= 0.6 is 23.2 Å². The molecule has 1 N–H and O–H groups in total. The lowest BCUT2D eigenvalue weighted by Gasteiger charge is -2.37. The summed E-state index contributed by atoms with van der Waals surface area (Å²) in [6, 6.07) is 15.0. The van der Waals surface area contributed by atoms with E-state index in [4.69, 9.17) is 23.2 Å². The second kappa shape index (κ2) is 10.5. The van der Waals surface area contributed by atoms with Gasteiger partial charge in [-0.25, -0.2) is 0 Å². The van der Waals surface area contributed by atoms with Gasteiger partial charge in [0.15, 0.2) is 0 Å². The van der Waals surface area contributed by atoms with Gasteiger partial charge in [-0.3, -0.25) is 14.6 Å². The molecule has 2 amide bonds. The van der Waals surface area contributed by atoms with Gasteiger partial charge in [-0.2, -0.15) is 0 Å². The lowest BCUT2D eigenvalue weighted by atomic mass is 10.0. The first-order valence-electron chi connectivity index (χ1n) is 12.2. The van der Waals surface area contributed by atoms with Gasteiger partial charge in [-0.05, 0) is 73.2 Å². The summed E-state index contributed by atoms with van der Waals surface area (Å²) in [5.74, 6) is -0.211. The summed E-state index contributed by atoms with van der Waals surface area (Å²) in [6.07, 6.45) is 7.06. The maximum Gasteiger partial charge on any atom is 0.253 e. The molecule has 1 atom stereocenters. The topological polar surface area (TPSA) is 65.5 Å². The Morgan fingerprint density at radius 3 is 2.53 bits per heavy atom. The molecular weight excluding hydrogens is 495 g/mol. The van der Waals surface area contributed by atoms with E-state index in [1.807, 2.05) is 54.7 Å². The Bertz CT molecular complexity index is 1280. The number of amides is 2. The van der Waals surface area contributed by atoms with E-state index in [1.165, 1.54) is 5.69 Å². The van der Waals surface area contributed by atoms with Crippen molar-refractivity contribution in [2.24, 2.45) is 0 Å². The van der Waals surface area contributed by atoms with Crippen molar-refractivity contribution < 1.29 is 9.59 Å². The van der Waals surface area contributed by atoms with Crippen LogP contribution in [0.15, 0.2) is 60.9 Å². The zero-order chi connectivity index (χ0) is 25.2. The van der Waals surface area contributed by atoms with Gasteiger partial charge in [0.05, 0.1) is 21.7 Å². The third-order valence-electron chi connectivity index (χ3n) is 7.33. The van der Waals surface area contributed by atoms with Gasteiger partial charge in [0.2, 0.25) is 0 Å². The molecule has 1 aliphatic carbocycles. The molecule has 2 aromatic carbocycles. The second-order valence-electron chi connectivity index (χ2n) is 9.42. The Morgan fingerprint density at radius 1 is 1.03 bits per heavy atom. The molecule has 1 fully saturated rings. The molecule has 5 rings (SSSR count). The number of pyridine rings is 1. The fourth-order valence-corrected chi connectivity index (χ4v) is 5.64. The fraction of sp³-hybridized carbons (Fsp3) is 0.321. The van der Waals surface area contributed by atoms with Crippen LogP contribution in [-0.4, -0.2) is 47.9 Å². The van der Waals surface area contributed by atoms with Crippen LogP contribution in [0.1, 0.15) is 57.1 Å². The minimum Gasteiger partial charge on any atom is -0.371 e. The van der Waals surface area contributed by atoms with Crippen LogP contribution in [0.2, 0.25) is 10.0 Å². The highest BCUT2D eigenvalue weighted by Gasteiger charge is 2.29. The van der Waals surface area contributed by atoms with Crippen molar-refractivity contribution in [3.05, 3.63) is 93.2 Å². The molecule has 0 radical (unpaired) electrons. The minimum atomic E-state index is -0.252. The fourth-order valence-electron chi connectivity index (χ4n) is 5.25. The molecule has 3 aromatic rings. The number of benzene rings is 2. The Hall–Kier alpha value is -3.09. The van der Waals surface area contributed by atoms with E-state index in [1.54, 1.807) is 18.2 Å². The predicted molar refractivity (Wildman–Crippen MR) is 143 cm³/mol. The third kappa shape index (κ3) is 4.93. The Balaban J connectivity index is 1.22. The van der Waals surface area contributed by atoms with Crippen molar-refractivity contribution in [2.75, 3.05) is 25.0 Å². The molecule has 0 spiro atoms. The van der Waals surface area contributed by atoms with Crippen LogP contribution in [0.3, 0.4) is 0 Å². The number of nitrogens with one attached hydrogen (secondary N) is 1. The molecule has 8 heteroatoms. The molecule has 6 nitrogen and oxygen atoms in total. The summed E-state index contributed by atoms with van der Waals surface area (Å²) < 4.78 is 0. The first kappa shape index (κ1) is 24.6. The van der Waals surface area contributed by atoms with Crippen molar-refractivity contribution in [2.45, 2.75) is 37.8 Å². The number of halogens is 2. The van der Waals surface area contributed by atoms with Crippen LogP contribution in [0.25, 0.3) is 0 Å². The zero-order valence-corrected chi connectivity index (χ0v) is 21.6. The molecule has 0 saturated carbocycles. The lowest BCUT2D eigenvalue weighted by Crippen LogP contribution is -2.45. The maximum atomic E-state index is 13.3. The molecule has 1 aliphatic heterocycles. The van der Waals surface area contributed by atoms with E-state index in [0.29, 0.717) is 16.1 Å². The summed E-state index contributed by atoms with van der Waals surface area (Å²) in [6.45, 7) is 1.82. The number of carbonyl (C=O) groups excluding carboxylic acids is 2. The quantitative estimate of drug-likeness (QED) is 0.477. The second-order valence-corrected chi connectivity index (χ2v) is 10.2. The molecule has 2 heterocycles. The predicted octanol–water partition coefficient (Wildman–Crippen LogP) is 5.55. The van der Waals surface area contributed by atoms with Gasteiger partial charge in [0.25, 0.3) is 11.8 Å². The van der Waals surface area contributed by atoms with Crippen LogP contribution in [0.5, 0.6) is 0 Å². The van der Waals surface area contributed by atoms with E-state index < -0.39 is 0 Å². The molecule has 36 heavy (non-hydrogen) atoms. The van der Waals surface area contributed by atoms with E-state index in [0.717, 1.165) is 49.9 Å². The monoisotopic (exact) mass is 522 g/mol. The number of piperidine rings is 1. The van der Waals surface area contributed by atoms with Crippen molar-refractivity contribution in [1.82, 2.24) is 15.2 Å². The number of anilines is 1. The highest BCUT2D eigenvalue weighted by atomic mass is 35.5. The smallest absolute Gasteiger partial charge is 0.253 e. The molecule has 1 saturated heterocycles. The Morgan fingerprint density at radius 2 is 1.78 bits per heavy atom. The zero-order valence-electron chi connectivity index (χ0n) is 20.1. The van der Waals surface area contributed by atoms with E-state index in [9.17, 15) is 9.59 Å². The number of nitrogens with zero attached hydrogens (tertiary/aromatic N) is 3. The molecule has 0 bridgehead atoms. The summed E-state index contributed by atoms with van der Waals surface area (Å²) in [4.78, 5) is 34.5. The van der Waals surface area contributed by atoms with Crippen molar-refractivity contribution in [3.8, 4) is 0 Å². The number of hydrogen-bond donors (Lipinski definition) is 1. The molecule has 2 aliphatic rings. The number of rotatable bonds is 5. The molecule has 1 aromatic heterocycles. The number of aryl methyl sites for hydroxylation is 1. The average Bonchev–Trinajstić information content (AvgIpc) is 3.31. The minimum absolute atomic E-state index is 0.0401. The Kier molecular flexibility index (Phi) is 7.17. The van der Waals surface area contributed by atoms with E-state index in [2.05, 4.69) is 15.2 Å². The van der Waals surface area contributed by atoms with Gasteiger partial charge in [-0.15, -0.1) is 0 Å². The maximum absolute atomic E-state index is 13.3. The van der Waals surface area contributed by atoms with E-state index in [-0.39, 0.29) is 28.9 Å². The van der Waals surface area contributed by atoms with E-state index >= 15 is 0 Å². The summed E-state index contributed by atoms with van der Waals surface area (Å²) in [5.41, 5.74) is 4.38. The van der Waals surface area contributed by atoms with Gasteiger partial charge in [-0.1, -0.05) is 35.3 Å². The molecule has 1 unspecified atom stereocenters. The Labute approximate surface area is 221 Å². The largest absolute Gasteiger partial charge is 0.371 e. The average molecular weight is 523 g/mol. The van der Waals surface area contributed by atoms with Crippen LogP contribution < -0.4 is 10.2 Å². The number of aromatic nitrogens is 1. The van der Waals surface area contributed by atoms with Crippen LogP contribution in [0.4, 0.5) is 5.69 Å².